The van der Waals surface area contributed by atoms with E-state index in [4.69, 9.17) is 0 Å². The zero-order valence-corrected chi connectivity index (χ0v) is 9.36. The minimum atomic E-state index is -0.543. The highest BCUT2D eigenvalue weighted by Gasteiger charge is 1.97. The van der Waals surface area contributed by atoms with Gasteiger partial charge >= 0.3 is 11.9 Å². The molecule has 0 aliphatic heterocycles. The molecule has 0 heterocycles. The van der Waals surface area contributed by atoms with Gasteiger partial charge in [-0.2, -0.15) is 0 Å². The molecule has 0 aliphatic carbocycles. The van der Waals surface area contributed by atoms with Crippen molar-refractivity contribution in [3.05, 3.63) is 25.3 Å². The largest absolute Gasteiger partial charge is 0.371 e. The second-order valence-electron chi connectivity index (χ2n) is 1.85. The van der Waals surface area contributed by atoms with Crippen LogP contribution in [-0.4, -0.2) is 18.6 Å². The summed E-state index contributed by atoms with van der Waals surface area (Å²) < 4.78 is 14.3. The van der Waals surface area contributed by atoms with Gasteiger partial charge in [0, 0.05) is 12.2 Å². The topological polar surface area (TPSA) is 76.7 Å². The first kappa shape index (κ1) is 14.0. The molecule has 0 aromatic carbocycles. The van der Waals surface area contributed by atoms with Crippen molar-refractivity contribution in [2.45, 2.75) is 0 Å². The lowest BCUT2D eigenvalue weighted by molar-refractivity contribution is -0.128. The summed E-state index contributed by atoms with van der Waals surface area (Å²) >= 11 is 1.49. The smallest absolute Gasteiger partial charge is 0.343 e. The summed E-state index contributed by atoms with van der Waals surface area (Å²) in [6.45, 7) is 6.70. The SMILES string of the molecule is C=CC(=O)OSNCNSOC(=O)C=C. The van der Waals surface area contributed by atoms with Crippen LogP contribution in [0.15, 0.2) is 25.3 Å². The Morgan fingerprint density at radius 2 is 1.47 bits per heavy atom. The van der Waals surface area contributed by atoms with Crippen molar-refractivity contribution >= 4 is 36.4 Å². The van der Waals surface area contributed by atoms with E-state index in [9.17, 15) is 9.59 Å². The molecular formula is C7H10N2O4S2. The van der Waals surface area contributed by atoms with Gasteiger partial charge in [0.1, 0.15) is 24.5 Å². The van der Waals surface area contributed by atoms with Crippen molar-refractivity contribution in [2.75, 3.05) is 6.67 Å². The Hall–Kier alpha value is -0.960. The fourth-order valence-electron chi connectivity index (χ4n) is 0.297. The molecular weight excluding hydrogens is 240 g/mol. The maximum absolute atomic E-state index is 10.5. The van der Waals surface area contributed by atoms with E-state index in [2.05, 4.69) is 31.0 Å². The Morgan fingerprint density at radius 3 is 1.80 bits per heavy atom. The van der Waals surface area contributed by atoms with E-state index in [0.717, 1.165) is 36.6 Å². The second-order valence-corrected chi connectivity index (χ2v) is 3.09. The van der Waals surface area contributed by atoms with Gasteiger partial charge in [0.05, 0.1) is 6.67 Å². The third kappa shape index (κ3) is 9.35. The van der Waals surface area contributed by atoms with Gasteiger partial charge in [0.15, 0.2) is 0 Å². The van der Waals surface area contributed by atoms with Gasteiger partial charge in [-0.05, 0) is 0 Å². The van der Waals surface area contributed by atoms with Crippen LogP contribution in [0.1, 0.15) is 0 Å². The number of nitrogens with one attached hydrogen (secondary N) is 2. The van der Waals surface area contributed by atoms with E-state index in [1.807, 2.05) is 0 Å². The van der Waals surface area contributed by atoms with Crippen LogP contribution in [0.4, 0.5) is 0 Å². The molecule has 6 nitrogen and oxygen atoms in total. The average molecular weight is 250 g/mol. The predicted octanol–water partition coefficient (Wildman–Crippen LogP) is 0.708. The van der Waals surface area contributed by atoms with Crippen molar-refractivity contribution in [2.24, 2.45) is 0 Å². The normalized spacial score (nSPS) is 9.07. The fraction of sp³-hybridized carbons (Fsp3) is 0.143. The summed E-state index contributed by atoms with van der Waals surface area (Å²) in [6.07, 6.45) is 2.09. The van der Waals surface area contributed by atoms with Crippen molar-refractivity contribution in [3.8, 4) is 0 Å². The molecule has 0 bridgehead atoms. The maximum Gasteiger partial charge on any atom is 0.343 e. The lowest BCUT2D eigenvalue weighted by atomic mass is 10.7. The number of hydrogen-bond acceptors (Lipinski definition) is 8. The van der Waals surface area contributed by atoms with E-state index in [0.29, 0.717) is 0 Å². The van der Waals surface area contributed by atoms with Crippen LogP contribution in [0.3, 0.4) is 0 Å². The summed E-state index contributed by atoms with van der Waals surface area (Å²) in [7, 11) is 0. The first-order valence-electron chi connectivity index (χ1n) is 3.66. The van der Waals surface area contributed by atoms with Gasteiger partial charge in [-0.1, -0.05) is 13.2 Å². The Bertz CT molecular complexity index is 223. The van der Waals surface area contributed by atoms with Gasteiger partial charge in [-0.15, -0.1) is 0 Å². The summed E-state index contributed by atoms with van der Waals surface area (Å²) in [5.41, 5.74) is 0. The van der Waals surface area contributed by atoms with Gasteiger partial charge < -0.3 is 8.37 Å². The Labute approximate surface area is 96.1 Å². The fourth-order valence-corrected chi connectivity index (χ4v) is 1.07. The van der Waals surface area contributed by atoms with Crippen LogP contribution >= 0.6 is 24.5 Å². The van der Waals surface area contributed by atoms with Crippen LogP contribution in [-0.2, 0) is 18.0 Å². The first-order valence-corrected chi connectivity index (χ1v) is 5.14. The van der Waals surface area contributed by atoms with Crippen molar-refractivity contribution < 1.29 is 18.0 Å². The number of carbonyl (C=O) groups excluding carboxylic acids is 2. The zero-order chi connectivity index (χ0) is 11.5. The summed E-state index contributed by atoms with van der Waals surface area (Å²) in [5.74, 6) is -1.09. The van der Waals surface area contributed by atoms with Gasteiger partial charge in [-0.25, -0.2) is 19.0 Å². The average Bonchev–Trinajstić information content (AvgIpc) is 2.26. The number of rotatable bonds is 8. The summed E-state index contributed by atoms with van der Waals surface area (Å²) in [4.78, 5) is 21.0. The van der Waals surface area contributed by atoms with E-state index >= 15 is 0 Å². The molecule has 0 spiro atoms. The highest BCUT2D eigenvalue weighted by atomic mass is 32.2. The Morgan fingerprint density at radius 1 is 1.07 bits per heavy atom. The van der Waals surface area contributed by atoms with E-state index in [1.165, 1.54) is 0 Å². The van der Waals surface area contributed by atoms with Gasteiger partial charge in [-0.3, -0.25) is 0 Å². The predicted molar refractivity (Wildman–Crippen MR) is 58.9 cm³/mol. The molecule has 0 aromatic heterocycles. The summed E-state index contributed by atoms with van der Waals surface area (Å²) in [5, 5.41) is 0. The number of carbonyl (C=O) groups is 2. The molecule has 0 saturated carbocycles. The lowest BCUT2D eigenvalue weighted by Gasteiger charge is -2.02. The molecule has 0 radical (unpaired) electrons. The summed E-state index contributed by atoms with van der Waals surface area (Å²) in [6, 6.07) is 0. The Kier molecular flexibility index (Phi) is 8.98. The molecule has 0 amide bonds. The van der Waals surface area contributed by atoms with Crippen LogP contribution in [0.2, 0.25) is 0 Å². The van der Waals surface area contributed by atoms with E-state index in [1.54, 1.807) is 0 Å². The maximum atomic E-state index is 10.5. The molecule has 0 aromatic rings. The monoisotopic (exact) mass is 250 g/mol. The van der Waals surface area contributed by atoms with Crippen LogP contribution in [0, 0.1) is 0 Å². The van der Waals surface area contributed by atoms with Crippen molar-refractivity contribution in [1.82, 2.24) is 9.44 Å². The molecule has 0 rings (SSSR count). The van der Waals surface area contributed by atoms with E-state index < -0.39 is 11.9 Å². The lowest BCUT2D eigenvalue weighted by Crippen LogP contribution is -2.19. The number of hydrogen-bond donors (Lipinski definition) is 2. The van der Waals surface area contributed by atoms with Crippen molar-refractivity contribution in [3.63, 3.8) is 0 Å². The minimum Gasteiger partial charge on any atom is -0.371 e. The molecule has 15 heavy (non-hydrogen) atoms. The molecule has 0 fully saturated rings. The first-order chi connectivity index (χ1) is 7.20. The third-order valence-corrected chi connectivity index (χ3v) is 1.86. The van der Waals surface area contributed by atoms with Crippen LogP contribution in [0.5, 0.6) is 0 Å². The zero-order valence-electron chi connectivity index (χ0n) is 7.73. The van der Waals surface area contributed by atoms with Crippen LogP contribution in [0.25, 0.3) is 0 Å². The Balaban J connectivity index is 3.18. The highest BCUT2D eigenvalue weighted by molar-refractivity contribution is 7.93. The van der Waals surface area contributed by atoms with Crippen LogP contribution < -0.4 is 9.44 Å². The highest BCUT2D eigenvalue weighted by Crippen LogP contribution is 1.98. The second kappa shape index (κ2) is 9.59. The van der Waals surface area contributed by atoms with Crippen molar-refractivity contribution in [1.29, 1.82) is 0 Å². The third-order valence-electron chi connectivity index (χ3n) is 0.843. The minimum absolute atomic E-state index is 0.268. The molecule has 0 aliphatic rings. The quantitative estimate of drug-likeness (QED) is 0.214. The standard InChI is InChI=1S/C7H10N2O4S2/c1-3-6(10)12-14-8-5-9-15-13-7(11)4-2/h3-4,8-9H,1-2,5H2. The molecule has 0 saturated heterocycles. The van der Waals surface area contributed by atoms with E-state index in [-0.39, 0.29) is 6.67 Å². The van der Waals surface area contributed by atoms with Gasteiger partial charge in [0.25, 0.3) is 0 Å². The molecule has 0 unspecified atom stereocenters. The molecule has 84 valence electrons. The molecule has 0 atom stereocenters. The molecule has 8 heteroatoms. The van der Waals surface area contributed by atoms with Gasteiger partial charge in [0.2, 0.25) is 0 Å². The molecule has 2 N–H and O–H groups in total.